The maximum atomic E-state index is 12.6. The molecule has 1 saturated heterocycles. The second-order valence-electron chi connectivity index (χ2n) is 6.57. The Morgan fingerprint density at radius 2 is 1.84 bits per heavy atom. The van der Waals surface area contributed by atoms with Crippen LogP contribution in [0.2, 0.25) is 0 Å². The zero-order chi connectivity index (χ0) is 17.7. The van der Waals surface area contributed by atoms with Crippen molar-refractivity contribution in [2.75, 3.05) is 12.8 Å². The van der Waals surface area contributed by atoms with Crippen LogP contribution < -0.4 is 5.73 Å². The van der Waals surface area contributed by atoms with E-state index in [1.165, 1.54) is 4.90 Å². The van der Waals surface area contributed by atoms with Gasteiger partial charge in [-0.1, -0.05) is 23.8 Å². The molecule has 2 heterocycles. The number of carbonyl (C=O) groups excluding carboxylic acids is 2. The number of fused-ring (bicyclic) bond motifs is 1. The quantitative estimate of drug-likeness (QED) is 0.579. The summed E-state index contributed by atoms with van der Waals surface area (Å²) >= 11 is 0. The van der Waals surface area contributed by atoms with E-state index in [9.17, 15) is 9.59 Å². The van der Waals surface area contributed by atoms with Gasteiger partial charge in [0.25, 0.3) is 0 Å². The molecule has 1 aliphatic heterocycles. The summed E-state index contributed by atoms with van der Waals surface area (Å²) < 4.78 is 2.01. The number of hydrogen-bond acceptors (Lipinski definition) is 3. The highest BCUT2D eigenvalue weighted by molar-refractivity contribution is 6.06. The fourth-order valence-electron chi connectivity index (χ4n) is 3.56. The second kappa shape index (κ2) is 5.48. The predicted molar refractivity (Wildman–Crippen MR) is 97.6 cm³/mol. The summed E-state index contributed by atoms with van der Waals surface area (Å²) in [6.07, 6.45) is 0.192. The number of benzene rings is 2. The monoisotopic (exact) mass is 333 g/mol. The minimum Gasteiger partial charge on any atom is -0.397 e. The Balaban J connectivity index is 2.01. The molecule has 2 N–H and O–H groups in total. The molecule has 2 aromatic carbocycles. The van der Waals surface area contributed by atoms with Gasteiger partial charge in [0.2, 0.25) is 11.8 Å². The first kappa shape index (κ1) is 15.4. The number of anilines is 1. The van der Waals surface area contributed by atoms with Crippen molar-refractivity contribution in [3.05, 3.63) is 59.8 Å². The molecule has 3 aromatic rings. The van der Waals surface area contributed by atoms with Crippen LogP contribution in [0.1, 0.15) is 23.6 Å². The van der Waals surface area contributed by atoms with Crippen LogP contribution in [0, 0.1) is 6.92 Å². The molecule has 1 atom stereocenters. The predicted octanol–water partition coefficient (Wildman–Crippen LogP) is 2.99. The van der Waals surface area contributed by atoms with Gasteiger partial charge in [-0.25, -0.2) is 0 Å². The fraction of sp³-hybridized carbons (Fsp3) is 0.200. The number of nitrogens with two attached hydrogens (primary N) is 1. The molecule has 0 radical (unpaired) electrons. The number of carbonyl (C=O) groups is 2. The maximum absolute atomic E-state index is 12.6. The summed E-state index contributed by atoms with van der Waals surface area (Å²) in [7, 11) is 1.54. The average Bonchev–Trinajstić information content (AvgIpc) is 3.07. The number of hydrogen-bond donors (Lipinski definition) is 1. The molecule has 5 nitrogen and oxygen atoms in total. The molecule has 0 saturated carbocycles. The van der Waals surface area contributed by atoms with Gasteiger partial charge < -0.3 is 10.3 Å². The highest BCUT2D eigenvalue weighted by Crippen LogP contribution is 2.36. The van der Waals surface area contributed by atoms with E-state index in [-0.39, 0.29) is 18.2 Å². The average molecular weight is 333 g/mol. The Bertz CT molecular complexity index is 1020. The highest BCUT2D eigenvalue weighted by atomic mass is 16.2. The van der Waals surface area contributed by atoms with E-state index in [4.69, 9.17) is 5.73 Å². The summed E-state index contributed by atoms with van der Waals surface area (Å²) in [5.41, 5.74) is 10.6. The minimum absolute atomic E-state index is 0.149. The number of nitrogen functional groups attached to an aromatic ring is 1. The van der Waals surface area contributed by atoms with Crippen molar-refractivity contribution < 1.29 is 9.59 Å². The number of likely N-dealkylation sites (tertiary alicyclic amines) is 1. The third-order valence-corrected chi connectivity index (χ3v) is 4.90. The number of likely N-dealkylation sites (N-methyl/N-ethyl adjacent to an activating group) is 1. The van der Waals surface area contributed by atoms with Gasteiger partial charge in [0.15, 0.2) is 0 Å². The van der Waals surface area contributed by atoms with Crippen molar-refractivity contribution in [1.29, 1.82) is 0 Å². The minimum atomic E-state index is -0.482. The number of nitrogens with zero attached hydrogens (tertiary/aromatic N) is 2. The van der Waals surface area contributed by atoms with Gasteiger partial charge in [-0.2, -0.15) is 0 Å². The number of imide groups is 1. The van der Waals surface area contributed by atoms with E-state index in [0.29, 0.717) is 5.69 Å². The van der Waals surface area contributed by atoms with Gasteiger partial charge in [0, 0.05) is 24.5 Å². The lowest BCUT2D eigenvalue weighted by Gasteiger charge is -2.16. The molecule has 0 bridgehead atoms. The van der Waals surface area contributed by atoms with Crippen LogP contribution >= 0.6 is 0 Å². The number of amides is 2. The van der Waals surface area contributed by atoms with Crippen LogP contribution in [0.15, 0.2) is 48.5 Å². The first-order valence-corrected chi connectivity index (χ1v) is 8.24. The molecule has 1 aromatic heterocycles. The lowest BCUT2D eigenvalue weighted by Crippen LogP contribution is -2.25. The number of para-hydroxylation sites is 2. The van der Waals surface area contributed by atoms with Gasteiger partial charge in [-0.05, 0) is 37.3 Å². The molecule has 0 spiro atoms. The Labute approximate surface area is 145 Å². The van der Waals surface area contributed by atoms with E-state index in [1.807, 2.05) is 54.0 Å². The second-order valence-corrected chi connectivity index (χ2v) is 6.57. The Kier molecular flexibility index (Phi) is 3.39. The molecule has 1 aliphatic rings. The van der Waals surface area contributed by atoms with E-state index in [2.05, 4.69) is 6.07 Å². The molecular weight excluding hydrogens is 314 g/mol. The third kappa shape index (κ3) is 2.31. The molecule has 4 rings (SSSR count). The zero-order valence-corrected chi connectivity index (χ0v) is 14.2. The van der Waals surface area contributed by atoms with Crippen molar-refractivity contribution in [2.45, 2.75) is 19.3 Å². The molecule has 1 unspecified atom stereocenters. The standard InChI is InChI=1S/C20H19N3O2/c1-12-7-8-16-13(9-12)10-18(14-11-19(24)22(2)20(14)25)23(16)17-6-4-3-5-15(17)21/h3-10,14H,11,21H2,1-2H3. The van der Waals surface area contributed by atoms with Crippen molar-refractivity contribution in [3.8, 4) is 5.69 Å². The summed E-state index contributed by atoms with van der Waals surface area (Å²) in [6, 6.07) is 15.7. The molecule has 25 heavy (non-hydrogen) atoms. The zero-order valence-electron chi connectivity index (χ0n) is 14.2. The third-order valence-electron chi connectivity index (χ3n) is 4.90. The van der Waals surface area contributed by atoms with Crippen molar-refractivity contribution >= 4 is 28.4 Å². The summed E-state index contributed by atoms with van der Waals surface area (Å²) in [5.74, 6) is -0.797. The number of rotatable bonds is 2. The molecule has 126 valence electrons. The SMILES string of the molecule is Cc1ccc2c(c1)cc(C1CC(=O)N(C)C1=O)n2-c1ccccc1N. The smallest absolute Gasteiger partial charge is 0.238 e. The lowest BCUT2D eigenvalue weighted by molar-refractivity contribution is -0.137. The van der Waals surface area contributed by atoms with Crippen LogP contribution in [0.5, 0.6) is 0 Å². The van der Waals surface area contributed by atoms with Crippen LogP contribution in [0.25, 0.3) is 16.6 Å². The van der Waals surface area contributed by atoms with Crippen LogP contribution in [-0.4, -0.2) is 28.3 Å². The van der Waals surface area contributed by atoms with Crippen LogP contribution in [0.3, 0.4) is 0 Å². The lowest BCUT2D eigenvalue weighted by atomic mass is 10.0. The normalized spacial score (nSPS) is 17.7. The van der Waals surface area contributed by atoms with Gasteiger partial charge in [-0.3, -0.25) is 14.5 Å². The van der Waals surface area contributed by atoms with E-state index < -0.39 is 5.92 Å². The first-order chi connectivity index (χ1) is 12.0. The van der Waals surface area contributed by atoms with Crippen LogP contribution in [-0.2, 0) is 9.59 Å². The van der Waals surface area contributed by atoms with Crippen LogP contribution in [0.4, 0.5) is 5.69 Å². The van der Waals surface area contributed by atoms with Gasteiger partial charge in [0.05, 0.1) is 22.8 Å². The van der Waals surface area contributed by atoms with Gasteiger partial charge in [0.1, 0.15) is 0 Å². The number of aromatic nitrogens is 1. The largest absolute Gasteiger partial charge is 0.397 e. The molecule has 1 fully saturated rings. The Morgan fingerprint density at radius 3 is 2.52 bits per heavy atom. The van der Waals surface area contributed by atoms with Crippen molar-refractivity contribution in [2.24, 2.45) is 0 Å². The molecule has 0 aliphatic carbocycles. The Morgan fingerprint density at radius 1 is 1.08 bits per heavy atom. The number of aryl methyl sites for hydroxylation is 1. The summed E-state index contributed by atoms with van der Waals surface area (Å²) in [6.45, 7) is 2.03. The summed E-state index contributed by atoms with van der Waals surface area (Å²) in [5, 5.41) is 1.04. The van der Waals surface area contributed by atoms with Crippen molar-refractivity contribution in [1.82, 2.24) is 9.47 Å². The van der Waals surface area contributed by atoms with E-state index in [0.717, 1.165) is 27.8 Å². The van der Waals surface area contributed by atoms with Gasteiger partial charge in [-0.15, -0.1) is 0 Å². The first-order valence-electron chi connectivity index (χ1n) is 8.24. The van der Waals surface area contributed by atoms with Gasteiger partial charge >= 0.3 is 0 Å². The molecule has 2 amide bonds. The van der Waals surface area contributed by atoms with E-state index in [1.54, 1.807) is 7.05 Å². The molecule has 5 heteroatoms. The highest BCUT2D eigenvalue weighted by Gasteiger charge is 2.39. The summed E-state index contributed by atoms with van der Waals surface area (Å²) in [4.78, 5) is 25.8. The topological polar surface area (TPSA) is 68.3 Å². The Hall–Kier alpha value is -3.08. The van der Waals surface area contributed by atoms with E-state index >= 15 is 0 Å². The van der Waals surface area contributed by atoms with Crippen molar-refractivity contribution in [3.63, 3.8) is 0 Å². The molecular formula is C20H19N3O2. The maximum Gasteiger partial charge on any atom is 0.238 e. The fourth-order valence-corrected chi connectivity index (χ4v) is 3.56.